The van der Waals surface area contributed by atoms with Crippen LogP contribution in [-0.4, -0.2) is 37.0 Å². The summed E-state index contributed by atoms with van der Waals surface area (Å²) in [5.41, 5.74) is 1.80. The van der Waals surface area contributed by atoms with Gasteiger partial charge >= 0.3 is 0 Å². The van der Waals surface area contributed by atoms with Gasteiger partial charge < -0.3 is 5.32 Å². The number of thioether (sulfide) groups is 1. The molecule has 1 atom stereocenters. The first kappa shape index (κ1) is 21.9. The second-order valence-electron chi connectivity index (χ2n) is 7.36. The summed E-state index contributed by atoms with van der Waals surface area (Å²) in [5.74, 6) is -0.110. The average Bonchev–Trinajstić information content (AvgIpc) is 2.74. The molecule has 2 aromatic carbocycles. The molecule has 3 rings (SSSR count). The van der Waals surface area contributed by atoms with E-state index in [4.69, 9.17) is 0 Å². The zero-order chi connectivity index (χ0) is 20.9. The van der Waals surface area contributed by atoms with Crippen molar-refractivity contribution in [3.63, 3.8) is 0 Å². The summed E-state index contributed by atoms with van der Waals surface area (Å²) in [6.07, 6.45) is 2.86. The van der Waals surface area contributed by atoms with Crippen LogP contribution in [0.15, 0.2) is 58.3 Å². The molecule has 1 heterocycles. The number of piperidine rings is 1. The van der Waals surface area contributed by atoms with Gasteiger partial charge in [0.1, 0.15) is 0 Å². The third-order valence-electron chi connectivity index (χ3n) is 5.06. The van der Waals surface area contributed by atoms with Gasteiger partial charge in [-0.1, -0.05) is 42.3 Å². The Hall–Kier alpha value is -1.83. The topological polar surface area (TPSA) is 66.5 Å². The summed E-state index contributed by atoms with van der Waals surface area (Å²) in [5, 5.41) is 2.63. The third-order valence-corrected chi connectivity index (χ3v) is 8.17. The van der Waals surface area contributed by atoms with E-state index in [1.807, 2.05) is 38.1 Å². The molecule has 0 aliphatic carbocycles. The van der Waals surface area contributed by atoms with Crippen LogP contribution in [0.5, 0.6) is 0 Å². The molecule has 1 amide bonds. The van der Waals surface area contributed by atoms with E-state index in [0.717, 1.165) is 24.2 Å². The molecule has 0 spiro atoms. The van der Waals surface area contributed by atoms with Gasteiger partial charge in [0.15, 0.2) is 0 Å². The summed E-state index contributed by atoms with van der Waals surface area (Å²) in [7, 11) is -3.54. The summed E-state index contributed by atoms with van der Waals surface area (Å²) in [6, 6.07) is 15.0. The number of carbonyl (C=O) groups excluding carboxylic acids is 1. The first-order valence-corrected chi connectivity index (χ1v) is 12.3. The zero-order valence-corrected chi connectivity index (χ0v) is 18.6. The number of hydrogen-bond donors (Lipinski definition) is 1. The van der Waals surface area contributed by atoms with Crippen LogP contribution < -0.4 is 5.32 Å². The van der Waals surface area contributed by atoms with Crippen molar-refractivity contribution in [3.05, 3.63) is 59.7 Å². The Morgan fingerprint density at radius 2 is 1.72 bits per heavy atom. The lowest BCUT2D eigenvalue weighted by Crippen LogP contribution is -2.36. The van der Waals surface area contributed by atoms with E-state index in [0.29, 0.717) is 23.5 Å². The molecule has 2 aromatic rings. The highest BCUT2D eigenvalue weighted by Crippen LogP contribution is 2.25. The predicted octanol–water partition coefficient (Wildman–Crippen LogP) is 3.97. The van der Waals surface area contributed by atoms with Crippen molar-refractivity contribution in [2.45, 2.75) is 54.7 Å². The molecule has 156 valence electrons. The maximum atomic E-state index is 13.1. The van der Waals surface area contributed by atoms with Crippen LogP contribution in [0.1, 0.15) is 37.3 Å². The molecule has 5 nitrogen and oxygen atoms in total. The van der Waals surface area contributed by atoms with Gasteiger partial charge in [-0.15, -0.1) is 11.8 Å². The van der Waals surface area contributed by atoms with E-state index in [2.05, 4.69) is 5.32 Å². The average molecular weight is 433 g/mol. The van der Waals surface area contributed by atoms with Crippen LogP contribution in [0.25, 0.3) is 0 Å². The van der Waals surface area contributed by atoms with E-state index in [1.165, 1.54) is 17.3 Å². The van der Waals surface area contributed by atoms with Crippen LogP contribution in [0.4, 0.5) is 0 Å². The quantitative estimate of drug-likeness (QED) is 0.673. The molecule has 0 bridgehead atoms. The van der Waals surface area contributed by atoms with Gasteiger partial charge in [-0.3, -0.25) is 4.79 Å². The number of carbonyl (C=O) groups is 1. The lowest BCUT2D eigenvalue weighted by molar-refractivity contribution is -0.120. The molecule has 7 heteroatoms. The summed E-state index contributed by atoms with van der Waals surface area (Å²) in [6.45, 7) is 5.21. The lowest BCUT2D eigenvalue weighted by atomic mass is 10.2. The number of nitrogens with one attached hydrogen (secondary N) is 1. The number of benzene rings is 2. The Balaban J connectivity index is 1.66. The number of nitrogens with zero attached hydrogens (tertiary/aromatic N) is 1. The van der Waals surface area contributed by atoms with Crippen molar-refractivity contribution in [1.82, 2.24) is 9.62 Å². The molecule has 1 N–H and O–H groups in total. The highest BCUT2D eigenvalue weighted by molar-refractivity contribution is 8.00. The number of rotatable bonds is 7. The summed E-state index contributed by atoms with van der Waals surface area (Å²) in [4.78, 5) is 13.9. The van der Waals surface area contributed by atoms with Gasteiger partial charge in [-0.2, -0.15) is 4.31 Å². The van der Waals surface area contributed by atoms with Crippen molar-refractivity contribution in [1.29, 1.82) is 0 Å². The van der Waals surface area contributed by atoms with Gasteiger partial charge in [0.05, 0.1) is 10.1 Å². The van der Waals surface area contributed by atoms with Crippen molar-refractivity contribution in [2.75, 3.05) is 13.1 Å². The molecular formula is C22H28N2O3S2. The van der Waals surface area contributed by atoms with Crippen molar-refractivity contribution < 1.29 is 13.2 Å². The molecule has 0 aromatic heterocycles. The molecule has 1 aliphatic heterocycles. The van der Waals surface area contributed by atoms with E-state index < -0.39 is 10.0 Å². The fourth-order valence-corrected chi connectivity index (χ4v) is 5.98. The van der Waals surface area contributed by atoms with Crippen LogP contribution in [-0.2, 0) is 21.4 Å². The van der Waals surface area contributed by atoms with Gasteiger partial charge in [0.2, 0.25) is 15.9 Å². The first-order valence-electron chi connectivity index (χ1n) is 9.97. The maximum absolute atomic E-state index is 13.1. The fraction of sp³-hybridized carbons (Fsp3) is 0.409. The number of hydrogen-bond acceptors (Lipinski definition) is 4. The van der Waals surface area contributed by atoms with Gasteiger partial charge in [-0.25, -0.2) is 8.42 Å². The Morgan fingerprint density at radius 1 is 1.07 bits per heavy atom. The van der Waals surface area contributed by atoms with Gasteiger partial charge in [-0.05, 0) is 50.5 Å². The fourth-order valence-electron chi connectivity index (χ4n) is 3.35. The molecule has 29 heavy (non-hydrogen) atoms. The number of aryl methyl sites for hydroxylation is 1. The molecule has 1 saturated heterocycles. The van der Waals surface area contributed by atoms with Crippen molar-refractivity contribution in [3.8, 4) is 0 Å². The van der Waals surface area contributed by atoms with E-state index in [-0.39, 0.29) is 17.7 Å². The van der Waals surface area contributed by atoms with Crippen LogP contribution >= 0.6 is 11.8 Å². The minimum absolute atomic E-state index is 0.110. The van der Waals surface area contributed by atoms with E-state index in [9.17, 15) is 13.2 Å². The molecule has 0 radical (unpaired) electrons. The van der Waals surface area contributed by atoms with Gasteiger partial charge in [0, 0.05) is 24.5 Å². The molecule has 1 aliphatic rings. The molecular weight excluding hydrogens is 404 g/mol. The third kappa shape index (κ3) is 5.62. The Labute approximate surface area is 177 Å². The van der Waals surface area contributed by atoms with Crippen LogP contribution in [0.2, 0.25) is 0 Å². The molecule has 1 fully saturated rings. The van der Waals surface area contributed by atoms with Crippen LogP contribution in [0, 0.1) is 6.92 Å². The Bertz CT molecular complexity index is 937. The maximum Gasteiger partial charge on any atom is 0.243 e. The second kappa shape index (κ2) is 9.78. The highest BCUT2D eigenvalue weighted by atomic mass is 32.2. The zero-order valence-electron chi connectivity index (χ0n) is 16.9. The van der Waals surface area contributed by atoms with Crippen molar-refractivity contribution >= 4 is 27.7 Å². The largest absolute Gasteiger partial charge is 0.351 e. The number of sulfonamides is 1. The van der Waals surface area contributed by atoms with Crippen LogP contribution in [0.3, 0.4) is 0 Å². The minimum atomic E-state index is -3.54. The first-order chi connectivity index (χ1) is 13.9. The summed E-state index contributed by atoms with van der Waals surface area (Å²) < 4.78 is 27.7. The predicted molar refractivity (Wildman–Crippen MR) is 117 cm³/mol. The lowest BCUT2D eigenvalue weighted by Gasteiger charge is -2.27. The standard InChI is InChI=1S/C22H28N2O3S2/c1-17-10-12-20(13-11-17)28-18(2)22(25)23-16-19-8-4-5-9-21(19)29(26,27)24-14-6-3-7-15-24/h4-5,8-13,18H,3,6-7,14-16H2,1-2H3,(H,23,25). The smallest absolute Gasteiger partial charge is 0.243 e. The number of amides is 1. The van der Waals surface area contributed by atoms with Crippen molar-refractivity contribution in [2.24, 2.45) is 0 Å². The molecule has 0 saturated carbocycles. The normalized spacial score (nSPS) is 16.3. The summed E-state index contributed by atoms with van der Waals surface area (Å²) >= 11 is 1.49. The second-order valence-corrected chi connectivity index (χ2v) is 10.7. The highest BCUT2D eigenvalue weighted by Gasteiger charge is 2.28. The SMILES string of the molecule is Cc1ccc(SC(C)C(=O)NCc2ccccc2S(=O)(=O)N2CCCCC2)cc1. The Morgan fingerprint density at radius 3 is 2.41 bits per heavy atom. The minimum Gasteiger partial charge on any atom is -0.351 e. The van der Waals surface area contributed by atoms with Gasteiger partial charge in [0.25, 0.3) is 0 Å². The monoisotopic (exact) mass is 432 g/mol. The molecule has 1 unspecified atom stereocenters. The Kier molecular flexibility index (Phi) is 7.38. The van der Waals surface area contributed by atoms with E-state index in [1.54, 1.807) is 28.6 Å². The van der Waals surface area contributed by atoms with E-state index >= 15 is 0 Å².